The van der Waals surface area contributed by atoms with Crippen LogP contribution >= 0.6 is 0 Å². The van der Waals surface area contributed by atoms with Crippen LogP contribution in [0.3, 0.4) is 0 Å². The third-order valence-corrected chi connectivity index (χ3v) is 3.59. The molecule has 8 heteroatoms. The average molecular weight is 325 g/mol. The van der Waals surface area contributed by atoms with Gasteiger partial charge in [-0.3, -0.25) is 4.79 Å². The summed E-state index contributed by atoms with van der Waals surface area (Å²) in [6, 6.07) is 8.93. The molecule has 9 N–H and O–H groups in total. The van der Waals surface area contributed by atoms with Crippen molar-refractivity contribution in [2.75, 3.05) is 13.1 Å². The van der Waals surface area contributed by atoms with Gasteiger partial charge in [-0.05, 0) is 12.1 Å². The number of carbonyl (C=O) groups excluding carboxylic acids is 2. The van der Waals surface area contributed by atoms with Gasteiger partial charge in [0.15, 0.2) is 0 Å². The number of benzene rings is 1. The molecule has 2 aromatic rings. The van der Waals surface area contributed by atoms with Crippen molar-refractivity contribution in [3.8, 4) is 0 Å². The SMILES string of the molecule is NC(=O)C1CC[NH2+]CC1.O.O.O=C([O-])c1cc2ccccc2[nH]1. The molecule has 0 aliphatic carbocycles. The summed E-state index contributed by atoms with van der Waals surface area (Å²) in [5.74, 6) is -1.13. The van der Waals surface area contributed by atoms with Gasteiger partial charge in [-0.25, -0.2) is 0 Å². The quantitative estimate of drug-likeness (QED) is 0.546. The lowest BCUT2D eigenvalue weighted by molar-refractivity contribution is -0.663. The molecule has 128 valence electrons. The highest BCUT2D eigenvalue weighted by molar-refractivity contribution is 5.92. The second kappa shape index (κ2) is 9.57. The van der Waals surface area contributed by atoms with Gasteiger partial charge in [0.05, 0.1) is 24.8 Å². The topological polar surface area (TPSA) is 179 Å². The van der Waals surface area contributed by atoms with Crippen LogP contribution in [0.5, 0.6) is 0 Å². The van der Waals surface area contributed by atoms with Crippen LogP contribution in [-0.4, -0.2) is 40.9 Å². The Kier molecular flexibility index (Phi) is 8.56. The van der Waals surface area contributed by atoms with Crippen molar-refractivity contribution in [1.82, 2.24) is 4.98 Å². The van der Waals surface area contributed by atoms with Gasteiger partial charge in [-0.2, -0.15) is 0 Å². The number of para-hydroxylation sites is 1. The van der Waals surface area contributed by atoms with E-state index in [0.717, 1.165) is 36.8 Å². The molecule has 2 heterocycles. The number of nitrogens with two attached hydrogens (primary N) is 2. The molecular formula is C15H23N3O5. The van der Waals surface area contributed by atoms with Crippen molar-refractivity contribution < 1.29 is 31.0 Å². The number of aromatic carboxylic acids is 1. The van der Waals surface area contributed by atoms with Crippen molar-refractivity contribution in [3.05, 3.63) is 36.0 Å². The number of piperidine rings is 1. The fraction of sp³-hybridized carbons (Fsp3) is 0.333. The van der Waals surface area contributed by atoms with Gasteiger partial charge in [0.1, 0.15) is 0 Å². The number of carboxylic acid groups (broad SMARTS) is 1. The van der Waals surface area contributed by atoms with Crippen LogP contribution in [0.1, 0.15) is 23.3 Å². The van der Waals surface area contributed by atoms with E-state index in [9.17, 15) is 14.7 Å². The van der Waals surface area contributed by atoms with Crippen LogP contribution in [0.4, 0.5) is 0 Å². The normalized spacial score (nSPS) is 13.9. The zero-order valence-corrected chi connectivity index (χ0v) is 12.7. The van der Waals surface area contributed by atoms with E-state index < -0.39 is 5.97 Å². The highest BCUT2D eigenvalue weighted by Crippen LogP contribution is 2.13. The Morgan fingerprint density at radius 1 is 1.17 bits per heavy atom. The molecule has 0 unspecified atom stereocenters. The highest BCUT2D eigenvalue weighted by Gasteiger charge is 2.19. The van der Waals surface area contributed by atoms with Crippen molar-refractivity contribution in [1.29, 1.82) is 0 Å². The Labute approximate surface area is 133 Å². The molecular weight excluding hydrogens is 302 g/mol. The molecule has 1 aliphatic rings. The van der Waals surface area contributed by atoms with E-state index in [1.807, 2.05) is 24.3 Å². The first-order valence-corrected chi connectivity index (χ1v) is 6.98. The number of quaternary nitrogens is 1. The van der Waals surface area contributed by atoms with Crippen molar-refractivity contribution in [2.24, 2.45) is 11.7 Å². The first-order valence-electron chi connectivity index (χ1n) is 6.98. The number of rotatable bonds is 2. The van der Waals surface area contributed by atoms with E-state index in [-0.39, 0.29) is 28.5 Å². The van der Waals surface area contributed by atoms with Gasteiger partial charge < -0.3 is 36.9 Å². The summed E-state index contributed by atoms with van der Waals surface area (Å²) in [5, 5.41) is 13.5. The second-order valence-electron chi connectivity index (χ2n) is 5.10. The van der Waals surface area contributed by atoms with E-state index >= 15 is 0 Å². The van der Waals surface area contributed by atoms with Crippen molar-refractivity contribution in [2.45, 2.75) is 12.8 Å². The smallest absolute Gasteiger partial charge is 0.220 e. The molecule has 1 aliphatic heterocycles. The number of amides is 1. The lowest BCUT2D eigenvalue weighted by Gasteiger charge is -2.16. The van der Waals surface area contributed by atoms with Crippen LogP contribution < -0.4 is 16.2 Å². The molecule has 23 heavy (non-hydrogen) atoms. The zero-order valence-electron chi connectivity index (χ0n) is 12.7. The Morgan fingerprint density at radius 3 is 2.26 bits per heavy atom. The molecule has 0 spiro atoms. The maximum absolute atomic E-state index is 10.6. The minimum absolute atomic E-state index is 0. The lowest BCUT2D eigenvalue weighted by atomic mass is 9.98. The minimum Gasteiger partial charge on any atom is -0.543 e. The van der Waals surface area contributed by atoms with Gasteiger partial charge in [0.2, 0.25) is 5.91 Å². The first kappa shape index (κ1) is 20.6. The van der Waals surface area contributed by atoms with E-state index in [2.05, 4.69) is 10.3 Å². The number of hydrogen-bond acceptors (Lipinski definition) is 3. The third kappa shape index (κ3) is 5.70. The molecule has 1 fully saturated rings. The molecule has 0 atom stereocenters. The molecule has 0 saturated carbocycles. The van der Waals surface area contributed by atoms with E-state index in [0.29, 0.717) is 0 Å². The highest BCUT2D eigenvalue weighted by atomic mass is 16.4. The predicted molar refractivity (Wildman–Crippen MR) is 83.4 cm³/mol. The van der Waals surface area contributed by atoms with Crippen LogP contribution in [0.25, 0.3) is 10.9 Å². The zero-order chi connectivity index (χ0) is 15.2. The number of H-pyrrole nitrogens is 1. The summed E-state index contributed by atoms with van der Waals surface area (Å²) in [6.07, 6.45) is 1.94. The summed E-state index contributed by atoms with van der Waals surface area (Å²) in [5.41, 5.74) is 6.05. The Morgan fingerprint density at radius 2 is 1.78 bits per heavy atom. The largest absolute Gasteiger partial charge is 0.543 e. The monoisotopic (exact) mass is 325 g/mol. The maximum Gasteiger partial charge on any atom is 0.220 e. The molecule has 0 radical (unpaired) electrons. The van der Waals surface area contributed by atoms with Crippen LogP contribution in [0.2, 0.25) is 0 Å². The Bertz CT molecular complexity index is 602. The van der Waals surface area contributed by atoms with Crippen LogP contribution in [-0.2, 0) is 4.79 Å². The van der Waals surface area contributed by atoms with Gasteiger partial charge >= 0.3 is 0 Å². The van der Waals surface area contributed by atoms with Gasteiger partial charge in [0, 0.05) is 29.7 Å². The molecule has 3 rings (SSSR count). The van der Waals surface area contributed by atoms with Crippen LogP contribution in [0, 0.1) is 5.92 Å². The minimum atomic E-state index is -1.17. The Hall–Kier alpha value is -2.42. The number of fused-ring (bicyclic) bond motifs is 1. The number of nitrogens with one attached hydrogen (secondary N) is 1. The molecule has 1 amide bonds. The molecule has 1 aromatic heterocycles. The number of carboxylic acids is 1. The van der Waals surface area contributed by atoms with E-state index in [1.165, 1.54) is 0 Å². The van der Waals surface area contributed by atoms with E-state index in [1.54, 1.807) is 6.07 Å². The number of aromatic nitrogens is 1. The molecule has 1 saturated heterocycles. The third-order valence-electron chi connectivity index (χ3n) is 3.59. The number of primary amides is 1. The molecule has 0 bridgehead atoms. The standard InChI is InChI=1S/C9H7NO2.C6H12N2O.2H2O/c11-9(12)8-5-6-3-1-2-4-7(6)10-8;7-6(9)5-1-3-8-4-2-5;;/h1-5,10H,(H,11,12);5,8H,1-4H2,(H2,7,9);2*1H2. The summed E-state index contributed by atoms with van der Waals surface area (Å²) >= 11 is 0. The number of carbonyl (C=O) groups is 2. The second-order valence-corrected chi connectivity index (χ2v) is 5.10. The Balaban J connectivity index is 0.000000401. The van der Waals surface area contributed by atoms with Crippen molar-refractivity contribution >= 4 is 22.8 Å². The number of aromatic amines is 1. The molecule has 8 nitrogen and oxygen atoms in total. The fourth-order valence-electron chi connectivity index (χ4n) is 2.39. The van der Waals surface area contributed by atoms with E-state index in [4.69, 9.17) is 5.73 Å². The summed E-state index contributed by atoms with van der Waals surface area (Å²) in [6.45, 7) is 2.13. The first-order chi connectivity index (χ1) is 10.1. The van der Waals surface area contributed by atoms with Gasteiger partial charge in [-0.15, -0.1) is 0 Å². The van der Waals surface area contributed by atoms with Gasteiger partial charge in [0.25, 0.3) is 0 Å². The average Bonchev–Trinajstić information content (AvgIpc) is 2.93. The summed E-state index contributed by atoms with van der Waals surface area (Å²) < 4.78 is 0. The summed E-state index contributed by atoms with van der Waals surface area (Å²) in [4.78, 5) is 23.7. The molecule has 1 aromatic carbocycles. The van der Waals surface area contributed by atoms with Crippen molar-refractivity contribution in [3.63, 3.8) is 0 Å². The summed E-state index contributed by atoms with van der Waals surface area (Å²) in [7, 11) is 0. The van der Waals surface area contributed by atoms with Gasteiger partial charge in [-0.1, -0.05) is 18.2 Å². The number of hydrogen-bond donors (Lipinski definition) is 3. The predicted octanol–water partition coefficient (Wildman–Crippen LogP) is -2.67. The van der Waals surface area contributed by atoms with Crippen LogP contribution in [0.15, 0.2) is 30.3 Å². The maximum atomic E-state index is 10.6. The fourth-order valence-corrected chi connectivity index (χ4v) is 2.39. The lowest BCUT2D eigenvalue weighted by Crippen LogP contribution is -2.86.